The van der Waals surface area contributed by atoms with Crippen LogP contribution in [0.25, 0.3) is 10.9 Å². The molecule has 0 aliphatic carbocycles. The molecule has 1 aromatic heterocycles. The minimum atomic E-state index is 0.0101. The summed E-state index contributed by atoms with van der Waals surface area (Å²) in [5, 5.41) is 12.8. The first-order valence-corrected chi connectivity index (χ1v) is 5.11. The van der Waals surface area contributed by atoms with Crippen LogP contribution in [0.1, 0.15) is 26.3 Å². The second-order valence-electron chi connectivity index (χ2n) is 4.86. The molecule has 0 atom stereocenters. The number of hydrogen-bond donors (Lipinski definition) is 0. The fraction of sp³-hybridized carbons (Fsp3) is 0.308. The van der Waals surface area contributed by atoms with Crippen LogP contribution in [0.5, 0.6) is 0 Å². The van der Waals surface area contributed by atoms with E-state index in [-0.39, 0.29) is 5.41 Å². The lowest BCUT2D eigenvalue weighted by Gasteiger charge is -2.18. The molecule has 0 spiro atoms. The fourth-order valence-electron chi connectivity index (χ4n) is 1.62. The van der Waals surface area contributed by atoms with E-state index in [0.29, 0.717) is 0 Å². The van der Waals surface area contributed by atoms with Crippen molar-refractivity contribution in [3.05, 3.63) is 47.3 Å². The van der Waals surface area contributed by atoms with Gasteiger partial charge >= 0.3 is 0 Å². The van der Waals surface area contributed by atoms with Gasteiger partial charge in [0.05, 0.1) is 0 Å². The second kappa shape index (κ2) is 3.23. The predicted molar refractivity (Wildman–Crippen MR) is 61.6 cm³/mol. The maximum Gasteiger partial charge on any atom is 0.223 e. The highest BCUT2D eigenvalue weighted by molar-refractivity contribution is 5.76. The van der Waals surface area contributed by atoms with Crippen LogP contribution < -0.4 is 4.73 Å². The third-order valence-corrected chi connectivity index (χ3v) is 2.61. The number of nitrogens with zero attached hydrogens (tertiary/aromatic N) is 1. The first-order valence-electron chi connectivity index (χ1n) is 5.11. The molecule has 0 saturated carbocycles. The molecule has 78 valence electrons. The van der Waals surface area contributed by atoms with E-state index in [4.69, 9.17) is 0 Å². The van der Waals surface area contributed by atoms with Crippen molar-refractivity contribution in [3.63, 3.8) is 0 Å². The van der Waals surface area contributed by atoms with Crippen LogP contribution in [-0.4, -0.2) is 0 Å². The van der Waals surface area contributed by atoms with Crippen LogP contribution in [0, 0.1) is 5.21 Å². The van der Waals surface area contributed by atoms with Gasteiger partial charge in [-0.15, -0.1) is 0 Å². The number of fused-ring (bicyclic) bond motifs is 1. The lowest BCUT2D eigenvalue weighted by atomic mass is 9.87. The average Bonchev–Trinajstić information content (AvgIpc) is 2.16. The Morgan fingerprint density at radius 1 is 1.13 bits per heavy atom. The second-order valence-corrected chi connectivity index (χ2v) is 4.86. The van der Waals surface area contributed by atoms with Crippen molar-refractivity contribution in [1.82, 2.24) is 0 Å². The summed E-state index contributed by atoms with van der Waals surface area (Å²) in [6, 6.07) is 9.74. The standard InChI is InChI=1S/C13H15NO/c1-13(2,3)11-8-10-6-4-5-7-12(10)14(15)9-11/h4-9H,1-3H3. The first kappa shape index (κ1) is 9.97. The van der Waals surface area contributed by atoms with Crippen molar-refractivity contribution in [1.29, 1.82) is 0 Å². The van der Waals surface area contributed by atoms with Gasteiger partial charge in [-0.05, 0) is 17.5 Å². The van der Waals surface area contributed by atoms with Gasteiger partial charge in [-0.25, -0.2) is 0 Å². The smallest absolute Gasteiger partial charge is 0.223 e. The SMILES string of the molecule is CC(C)(C)c1cc2ccccc2[n+]([O-])c1. The van der Waals surface area contributed by atoms with Crippen LogP contribution in [-0.2, 0) is 5.41 Å². The summed E-state index contributed by atoms with van der Waals surface area (Å²) in [6.45, 7) is 6.32. The highest BCUT2D eigenvalue weighted by Gasteiger charge is 2.18. The van der Waals surface area contributed by atoms with Gasteiger partial charge < -0.3 is 5.21 Å². The number of aromatic nitrogens is 1. The molecular formula is C13H15NO. The Morgan fingerprint density at radius 3 is 2.47 bits per heavy atom. The van der Waals surface area contributed by atoms with E-state index in [1.54, 1.807) is 6.20 Å². The van der Waals surface area contributed by atoms with Crippen LogP contribution in [0.2, 0.25) is 0 Å². The van der Waals surface area contributed by atoms with Gasteiger partial charge in [0.15, 0.2) is 6.20 Å². The molecule has 1 heterocycles. The molecule has 0 N–H and O–H groups in total. The van der Waals surface area contributed by atoms with E-state index in [0.717, 1.165) is 21.2 Å². The van der Waals surface area contributed by atoms with Gasteiger partial charge in [-0.1, -0.05) is 32.9 Å². The molecular weight excluding hydrogens is 186 g/mol. The molecule has 0 aliphatic heterocycles. The Morgan fingerprint density at radius 2 is 1.80 bits per heavy atom. The van der Waals surface area contributed by atoms with Gasteiger partial charge in [0.25, 0.3) is 0 Å². The summed E-state index contributed by atoms with van der Waals surface area (Å²) in [5.41, 5.74) is 1.80. The zero-order valence-electron chi connectivity index (χ0n) is 9.32. The number of benzene rings is 1. The zero-order chi connectivity index (χ0) is 11.1. The van der Waals surface area contributed by atoms with Crippen molar-refractivity contribution in [3.8, 4) is 0 Å². The van der Waals surface area contributed by atoms with Gasteiger partial charge in [0.1, 0.15) is 0 Å². The molecule has 2 nitrogen and oxygen atoms in total. The lowest BCUT2D eigenvalue weighted by Crippen LogP contribution is -2.29. The summed E-state index contributed by atoms with van der Waals surface area (Å²) >= 11 is 0. The van der Waals surface area contributed by atoms with Crippen molar-refractivity contribution < 1.29 is 4.73 Å². The molecule has 2 aromatic rings. The molecule has 0 unspecified atom stereocenters. The Bertz CT molecular complexity index is 497. The van der Waals surface area contributed by atoms with Gasteiger partial charge in [-0.3, -0.25) is 0 Å². The molecule has 1 aromatic carbocycles. The number of hydrogen-bond acceptors (Lipinski definition) is 1. The quantitative estimate of drug-likeness (QED) is 0.475. The first-order chi connectivity index (χ1) is 6.98. The maximum absolute atomic E-state index is 11.8. The highest BCUT2D eigenvalue weighted by Crippen LogP contribution is 2.23. The van der Waals surface area contributed by atoms with E-state index in [9.17, 15) is 5.21 Å². The molecule has 15 heavy (non-hydrogen) atoms. The Kier molecular flexibility index (Phi) is 2.14. The summed E-state index contributed by atoms with van der Waals surface area (Å²) in [4.78, 5) is 0. The van der Waals surface area contributed by atoms with E-state index >= 15 is 0 Å². The van der Waals surface area contributed by atoms with Gasteiger partial charge in [0.2, 0.25) is 5.52 Å². The molecule has 2 rings (SSSR count). The largest absolute Gasteiger partial charge is 0.618 e. The summed E-state index contributed by atoms with van der Waals surface area (Å²) in [6.07, 6.45) is 1.67. The van der Waals surface area contributed by atoms with Crippen molar-refractivity contribution in [2.45, 2.75) is 26.2 Å². The third kappa shape index (κ3) is 1.80. The Balaban J connectivity index is 2.73. The highest BCUT2D eigenvalue weighted by atomic mass is 16.5. The number of pyridine rings is 1. The van der Waals surface area contributed by atoms with Gasteiger partial charge in [-0.2, -0.15) is 4.73 Å². The number of rotatable bonds is 0. The minimum Gasteiger partial charge on any atom is -0.618 e. The lowest BCUT2D eigenvalue weighted by molar-refractivity contribution is -0.577. The average molecular weight is 201 g/mol. The van der Waals surface area contributed by atoms with Crippen LogP contribution in [0.15, 0.2) is 36.5 Å². The molecule has 0 saturated heterocycles. The van der Waals surface area contributed by atoms with Crippen molar-refractivity contribution in [2.75, 3.05) is 0 Å². The zero-order valence-corrected chi connectivity index (χ0v) is 9.32. The van der Waals surface area contributed by atoms with E-state index < -0.39 is 0 Å². The Hall–Kier alpha value is -1.57. The van der Waals surface area contributed by atoms with Crippen LogP contribution in [0.4, 0.5) is 0 Å². The summed E-state index contributed by atoms with van der Waals surface area (Å²) in [5.74, 6) is 0. The monoisotopic (exact) mass is 201 g/mol. The minimum absolute atomic E-state index is 0.0101. The van der Waals surface area contributed by atoms with E-state index in [1.165, 1.54) is 0 Å². The normalized spacial score (nSPS) is 11.9. The molecule has 0 radical (unpaired) electrons. The summed E-state index contributed by atoms with van der Waals surface area (Å²) < 4.78 is 0.954. The van der Waals surface area contributed by atoms with E-state index in [1.807, 2.05) is 24.3 Å². The molecule has 2 heteroatoms. The third-order valence-electron chi connectivity index (χ3n) is 2.61. The molecule has 0 fully saturated rings. The number of para-hydroxylation sites is 1. The predicted octanol–water partition coefficient (Wildman–Crippen LogP) is 2.77. The fourth-order valence-corrected chi connectivity index (χ4v) is 1.62. The van der Waals surface area contributed by atoms with Crippen molar-refractivity contribution in [2.24, 2.45) is 0 Å². The van der Waals surface area contributed by atoms with E-state index in [2.05, 4.69) is 26.8 Å². The van der Waals surface area contributed by atoms with Gasteiger partial charge in [0, 0.05) is 17.0 Å². The van der Waals surface area contributed by atoms with Crippen molar-refractivity contribution >= 4 is 10.9 Å². The van der Waals surface area contributed by atoms with Crippen LogP contribution >= 0.6 is 0 Å². The molecule has 0 amide bonds. The van der Waals surface area contributed by atoms with Crippen LogP contribution in [0.3, 0.4) is 0 Å². The maximum atomic E-state index is 11.8. The summed E-state index contributed by atoms with van der Waals surface area (Å²) in [7, 11) is 0. The Labute approximate surface area is 89.8 Å². The topological polar surface area (TPSA) is 26.9 Å². The molecule has 0 aliphatic rings. The molecule has 0 bridgehead atoms.